The van der Waals surface area contributed by atoms with Gasteiger partial charge in [0, 0.05) is 12.5 Å². The molecule has 0 bridgehead atoms. The summed E-state index contributed by atoms with van der Waals surface area (Å²) in [6.45, 7) is 1.79. The van der Waals surface area contributed by atoms with E-state index in [9.17, 15) is 4.79 Å². The number of nitrogens with two attached hydrogens (primary N) is 1. The molecule has 5 nitrogen and oxygen atoms in total. The van der Waals surface area contributed by atoms with Gasteiger partial charge in [0.2, 0.25) is 5.91 Å². The first-order valence-corrected chi connectivity index (χ1v) is 6.40. The molecule has 0 aliphatic heterocycles. The second kappa shape index (κ2) is 6.70. The van der Waals surface area contributed by atoms with Crippen LogP contribution in [0.2, 0.25) is 0 Å². The molecule has 0 saturated carbocycles. The van der Waals surface area contributed by atoms with Gasteiger partial charge in [-0.25, -0.2) is 4.98 Å². The van der Waals surface area contributed by atoms with Crippen LogP contribution >= 0.6 is 23.7 Å². The molecule has 0 radical (unpaired) electrons. The molecule has 0 fully saturated rings. The van der Waals surface area contributed by atoms with E-state index >= 15 is 0 Å². The fourth-order valence-corrected chi connectivity index (χ4v) is 2.50. The van der Waals surface area contributed by atoms with Crippen molar-refractivity contribution in [2.75, 3.05) is 12.4 Å². The van der Waals surface area contributed by atoms with Crippen LogP contribution < -0.4 is 15.8 Å². The minimum Gasteiger partial charge on any atom is -0.494 e. The summed E-state index contributed by atoms with van der Waals surface area (Å²) in [5.41, 5.74) is 6.33. The van der Waals surface area contributed by atoms with Crippen molar-refractivity contribution < 1.29 is 9.53 Å². The predicted octanol–water partition coefficient (Wildman–Crippen LogP) is 2.40. The number of hydrogen-bond acceptors (Lipinski definition) is 5. The molecule has 3 N–H and O–H groups in total. The van der Waals surface area contributed by atoms with Crippen molar-refractivity contribution in [3.05, 3.63) is 18.2 Å². The Kier molecular flexibility index (Phi) is 5.53. The minimum absolute atomic E-state index is 0. The smallest absolute Gasteiger partial charge is 0.227 e. The first-order valence-electron chi connectivity index (χ1n) is 5.59. The van der Waals surface area contributed by atoms with Crippen molar-refractivity contribution in [1.29, 1.82) is 0 Å². The summed E-state index contributed by atoms with van der Waals surface area (Å²) < 4.78 is 6.20. The molecule has 1 heterocycles. The maximum atomic E-state index is 11.6. The minimum atomic E-state index is -0.158. The van der Waals surface area contributed by atoms with Gasteiger partial charge in [0.1, 0.15) is 11.3 Å². The number of hydrogen-bond donors (Lipinski definition) is 2. The highest BCUT2D eigenvalue weighted by atomic mass is 35.5. The average Bonchev–Trinajstić information content (AvgIpc) is 2.69. The highest BCUT2D eigenvalue weighted by Crippen LogP contribution is 2.32. The Hall–Kier alpha value is -1.37. The van der Waals surface area contributed by atoms with Gasteiger partial charge in [0.25, 0.3) is 0 Å². The van der Waals surface area contributed by atoms with E-state index in [1.54, 1.807) is 14.0 Å². The topological polar surface area (TPSA) is 77.2 Å². The molecular formula is C12H16ClN3O2S. The second-order valence-electron chi connectivity index (χ2n) is 4.06. The van der Waals surface area contributed by atoms with E-state index in [0.717, 1.165) is 10.2 Å². The Morgan fingerprint density at radius 3 is 2.95 bits per heavy atom. The predicted molar refractivity (Wildman–Crippen MR) is 80.3 cm³/mol. The van der Waals surface area contributed by atoms with Gasteiger partial charge < -0.3 is 15.8 Å². The van der Waals surface area contributed by atoms with Crippen molar-refractivity contribution in [1.82, 2.24) is 4.98 Å². The summed E-state index contributed by atoms with van der Waals surface area (Å²) in [4.78, 5) is 15.9. The molecule has 1 atom stereocenters. The summed E-state index contributed by atoms with van der Waals surface area (Å²) >= 11 is 1.42. The fourth-order valence-electron chi connectivity index (χ4n) is 1.60. The number of aromatic nitrogens is 1. The number of rotatable bonds is 4. The van der Waals surface area contributed by atoms with Crippen LogP contribution in [0.3, 0.4) is 0 Å². The van der Waals surface area contributed by atoms with Gasteiger partial charge in [-0.1, -0.05) is 17.4 Å². The van der Waals surface area contributed by atoms with E-state index in [-0.39, 0.29) is 30.8 Å². The van der Waals surface area contributed by atoms with Gasteiger partial charge in [-0.15, -0.1) is 12.4 Å². The number of amides is 1. The van der Waals surface area contributed by atoms with Crippen LogP contribution in [-0.4, -0.2) is 24.0 Å². The number of para-hydroxylation sites is 1. The van der Waals surface area contributed by atoms with Gasteiger partial charge in [-0.2, -0.15) is 0 Å². The number of carbonyl (C=O) groups is 1. The number of nitrogens with one attached hydrogen (secondary N) is 1. The number of anilines is 1. The lowest BCUT2D eigenvalue weighted by atomic mass is 10.2. The highest BCUT2D eigenvalue weighted by Gasteiger charge is 2.11. The molecule has 104 valence electrons. The zero-order valence-electron chi connectivity index (χ0n) is 10.7. The lowest BCUT2D eigenvalue weighted by molar-refractivity contribution is -0.116. The molecule has 0 aliphatic rings. The SMILES string of the molecule is COc1cccc2sc(NC(=O)CC(C)N)nc12.Cl. The lowest BCUT2D eigenvalue weighted by Crippen LogP contribution is -2.23. The van der Waals surface area contributed by atoms with E-state index in [0.29, 0.717) is 10.9 Å². The van der Waals surface area contributed by atoms with Gasteiger partial charge in [-0.05, 0) is 19.1 Å². The van der Waals surface area contributed by atoms with E-state index in [2.05, 4.69) is 10.3 Å². The Bertz CT molecular complexity index is 571. The molecule has 1 aromatic carbocycles. The van der Waals surface area contributed by atoms with Crippen molar-refractivity contribution in [3.63, 3.8) is 0 Å². The molecule has 19 heavy (non-hydrogen) atoms. The van der Waals surface area contributed by atoms with Crippen LogP contribution in [0, 0.1) is 0 Å². The third-order valence-electron chi connectivity index (χ3n) is 2.36. The molecule has 1 amide bonds. The van der Waals surface area contributed by atoms with Gasteiger partial charge >= 0.3 is 0 Å². The zero-order valence-corrected chi connectivity index (χ0v) is 12.3. The van der Waals surface area contributed by atoms with E-state index < -0.39 is 0 Å². The first kappa shape index (κ1) is 15.7. The van der Waals surface area contributed by atoms with E-state index in [1.807, 2.05) is 18.2 Å². The fraction of sp³-hybridized carbons (Fsp3) is 0.333. The van der Waals surface area contributed by atoms with Crippen LogP contribution in [0.25, 0.3) is 10.2 Å². The van der Waals surface area contributed by atoms with Crippen molar-refractivity contribution in [2.45, 2.75) is 19.4 Å². The summed E-state index contributed by atoms with van der Waals surface area (Å²) in [6, 6.07) is 5.52. The highest BCUT2D eigenvalue weighted by molar-refractivity contribution is 7.22. The Morgan fingerprint density at radius 2 is 2.32 bits per heavy atom. The molecule has 7 heteroatoms. The Labute approximate surface area is 121 Å². The Morgan fingerprint density at radius 1 is 1.58 bits per heavy atom. The number of ether oxygens (including phenoxy) is 1. The van der Waals surface area contributed by atoms with Crippen molar-refractivity contribution in [2.24, 2.45) is 5.73 Å². The van der Waals surface area contributed by atoms with Crippen LogP contribution in [-0.2, 0) is 4.79 Å². The van der Waals surface area contributed by atoms with Crippen LogP contribution in [0.4, 0.5) is 5.13 Å². The third kappa shape index (κ3) is 3.79. The maximum absolute atomic E-state index is 11.6. The average molecular weight is 302 g/mol. The van der Waals surface area contributed by atoms with Crippen molar-refractivity contribution in [3.8, 4) is 5.75 Å². The maximum Gasteiger partial charge on any atom is 0.227 e. The molecule has 1 unspecified atom stereocenters. The van der Waals surface area contributed by atoms with Crippen LogP contribution in [0.5, 0.6) is 5.75 Å². The molecule has 2 aromatic rings. The molecule has 2 rings (SSSR count). The standard InChI is InChI=1S/C12H15N3O2S.ClH/c1-7(13)6-10(16)14-12-15-11-8(17-2)4-3-5-9(11)18-12;/h3-5,7H,6,13H2,1-2H3,(H,14,15,16);1H. The van der Waals surface area contributed by atoms with Crippen LogP contribution in [0.1, 0.15) is 13.3 Å². The number of fused-ring (bicyclic) bond motifs is 1. The molecule has 1 aromatic heterocycles. The molecule has 0 saturated heterocycles. The summed E-state index contributed by atoms with van der Waals surface area (Å²) in [6.07, 6.45) is 0.285. The zero-order chi connectivity index (χ0) is 13.1. The number of carbonyl (C=O) groups excluding carboxylic acids is 1. The number of nitrogens with zero attached hydrogens (tertiary/aromatic N) is 1. The first-order chi connectivity index (χ1) is 8.60. The number of halogens is 1. The second-order valence-corrected chi connectivity index (χ2v) is 5.09. The summed E-state index contributed by atoms with van der Waals surface area (Å²) in [7, 11) is 1.60. The molecular weight excluding hydrogens is 286 g/mol. The van der Waals surface area contributed by atoms with E-state index in [4.69, 9.17) is 10.5 Å². The van der Waals surface area contributed by atoms with Crippen LogP contribution in [0.15, 0.2) is 18.2 Å². The third-order valence-corrected chi connectivity index (χ3v) is 3.29. The number of thiazole rings is 1. The van der Waals surface area contributed by atoms with Gasteiger partial charge in [0.15, 0.2) is 5.13 Å². The monoisotopic (exact) mass is 301 g/mol. The largest absolute Gasteiger partial charge is 0.494 e. The summed E-state index contributed by atoms with van der Waals surface area (Å²) in [5, 5.41) is 3.32. The lowest BCUT2D eigenvalue weighted by Gasteiger charge is -2.03. The molecule has 0 spiro atoms. The Balaban J connectivity index is 0.00000180. The van der Waals surface area contributed by atoms with Crippen molar-refractivity contribution >= 4 is 45.0 Å². The molecule has 0 aliphatic carbocycles. The van der Waals surface area contributed by atoms with Gasteiger partial charge in [-0.3, -0.25) is 4.79 Å². The summed E-state index contributed by atoms with van der Waals surface area (Å²) in [5.74, 6) is 0.583. The quantitative estimate of drug-likeness (QED) is 0.909. The van der Waals surface area contributed by atoms with E-state index in [1.165, 1.54) is 11.3 Å². The number of benzene rings is 1. The van der Waals surface area contributed by atoms with Gasteiger partial charge in [0.05, 0.1) is 11.8 Å². The number of methoxy groups -OCH3 is 1. The normalized spacial score (nSPS) is 11.7.